The molecule has 0 radical (unpaired) electrons. The van der Waals surface area contributed by atoms with E-state index in [4.69, 9.17) is 32.2 Å². The van der Waals surface area contributed by atoms with E-state index < -0.39 is 41.1 Å². The molecule has 0 fully saturated rings. The van der Waals surface area contributed by atoms with Crippen LogP contribution >= 0.6 is 11.6 Å². The maximum Gasteiger partial charge on any atom is 0.417 e. The topological polar surface area (TPSA) is 102 Å². The first kappa shape index (κ1) is 21.3. The maximum absolute atomic E-state index is 12.6. The zero-order chi connectivity index (χ0) is 20.9. The predicted octanol–water partition coefficient (Wildman–Crippen LogP) is 3.06. The number of esters is 1. The zero-order valence-corrected chi connectivity index (χ0v) is 15.3. The highest BCUT2D eigenvalue weighted by Gasteiger charge is 2.32. The van der Waals surface area contributed by atoms with E-state index in [2.05, 4.69) is 4.98 Å². The lowest BCUT2D eigenvalue weighted by molar-refractivity contribution is -0.137. The highest BCUT2D eigenvalue weighted by atomic mass is 35.5. The van der Waals surface area contributed by atoms with Gasteiger partial charge >= 0.3 is 12.1 Å². The van der Waals surface area contributed by atoms with Gasteiger partial charge in [0.1, 0.15) is 17.3 Å². The Kier molecular flexibility index (Phi) is 6.68. The van der Waals surface area contributed by atoms with Gasteiger partial charge < -0.3 is 20.1 Å². The van der Waals surface area contributed by atoms with E-state index in [0.29, 0.717) is 23.6 Å². The Morgan fingerprint density at radius 1 is 1.36 bits per heavy atom. The average Bonchev–Trinajstić information content (AvgIpc) is 2.62. The number of aromatic nitrogens is 1. The molecule has 0 aliphatic rings. The van der Waals surface area contributed by atoms with Crippen LogP contribution in [-0.2, 0) is 17.5 Å². The molecule has 0 saturated carbocycles. The van der Waals surface area contributed by atoms with Gasteiger partial charge in [-0.25, -0.2) is 9.78 Å². The van der Waals surface area contributed by atoms with Crippen molar-refractivity contribution in [2.75, 3.05) is 13.7 Å². The van der Waals surface area contributed by atoms with Crippen LogP contribution in [0.1, 0.15) is 11.1 Å². The van der Waals surface area contributed by atoms with Gasteiger partial charge in [-0.1, -0.05) is 29.8 Å². The number of methoxy groups -OCH3 is 1. The van der Waals surface area contributed by atoms with Crippen molar-refractivity contribution in [2.45, 2.75) is 12.7 Å². The van der Waals surface area contributed by atoms with Crippen molar-refractivity contribution >= 4 is 23.5 Å². The second kappa shape index (κ2) is 8.79. The number of nitrogens with one attached hydrogen (secondary N) is 1. The Labute approximate surface area is 163 Å². The van der Waals surface area contributed by atoms with Crippen LogP contribution in [0.5, 0.6) is 11.6 Å². The molecule has 0 amide bonds. The number of nitrogens with zero attached hydrogens (tertiary/aromatic N) is 2. The summed E-state index contributed by atoms with van der Waals surface area (Å²) in [4.78, 5) is 16.8. The maximum atomic E-state index is 12.6. The van der Waals surface area contributed by atoms with Crippen LogP contribution in [0.3, 0.4) is 0 Å². The standard InChI is InChI=1S/C17H16ClF3N4O3/c1-27-13-5-3-2-4-10(13)8-25(16(22)23)9-14(26)28-15-12(18)6-11(7-24-15)17(19,20)21/h2-7H,8-9H2,1H3,(H3,22,23). The summed E-state index contributed by atoms with van der Waals surface area (Å²) in [6, 6.07) is 7.55. The van der Waals surface area contributed by atoms with Gasteiger partial charge in [-0.05, 0) is 12.1 Å². The molecule has 0 spiro atoms. The number of benzene rings is 1. The van der Waals surface area contributed by atoms with Crippen LogP contribution < -0.4 is 15.2 Å². The number of para-hydroxylation sites is 1. The fourth-order valence-electron chi connectivity index (χ4n) is 2.22. The van der Waals surface area contributed by atoms with Crippen molar-refractivity contribution in [2.24, 2.45) is 5.73 Å². The number of carbonyl (C=O) groups excluding carboxylic acids is 1. The molecule has 0 bridgehead atoms. The molecule has 0 saturated heterocycles. The smallest absolute Gasteiger partial charge is 0.417 e. The third-order valence-corrected chi connectivity index (χ3v) is 3.83. The summed E-state index contributed by atoms with van der Waals surface area (Å²) >= 11 is 5.71. The summed E-state index contributed by atoms with van der Waals surface area (Å²) in [5.41, 5.74) is 5.10. The third-order valence-electron chi connectivity index (χ3n) is 3.56. The molecular weight excluding hydrogens is 401 g/mol. The van der Waals surface area contributed by atoms with Crippen LogP contribution in [0.2, 0.25) is 5.02 Å². The van der Waals surface area contributed by atoms with Crippen molar-refractivity contribution in [3.63, 3.8) is 0 Å². The van der Waals surface area contributed by atoms with Crippen LogP contribution in [0.15, 0.2) is 36.5 Å². The van der Waals surface area contributed by atoms with Gasteiger partial charge in [0.05, 0.1) is 19.2 Å². The Hall–Kier alpha value is -3.01. The van der Waals surface area contributed by atoms with Crippen molar-refractivity contribution in [1.82, 2.24) is 9.88 Å². The number of rotatable bonds is 6. The molecule has 1 aromatic heterocycles. The lowest BCUT2D eigenvalue weighted by Crippen LogP contribution is -2.40. The Balaban J connectivity index is 2.10. The molecule has 1 aromatic carbocycles. The SMILES string of the molecule is COc1ccccc1CN(CC(=O)Oc1ncc(C(F)(F)F)cc1Cl)C(=N)N. The molecular formula is C17H16ClF3N4O3. The van der Waals surface area contributed by atoms with Gasteiger partial charge in [-0.2, -0.15) is 13.2 Å². The van der Waals surface area contributed by atoms with E-state index in [1.807, 2.05) is 0 Å². The quantitative estimate of drug-likeness (QED) is 0.426. The zero-order valence-electron chi connectivity index (χ0n) is 14.6. The summed E-state index contributed by atoms with van der Waals surface area (Å²) in [5.74, 6) is -1.25. The van der Waals surface area contributed by atoms with Crippen molar-refractivity contribution in [3.8, 4) is 11.6 Å². The van der Waals surface area contributed by atoms with Crippen LogP contribution in [0.25, 0.3) is 0 Å². The minimum absolute atomic E-state index is 0.0720. The highest BCUT2D eigenvalue weighted by Crippen LogP contribution is 2.33. The molecule has 0 unspecified atom stereocenters. The van der Waals surface area contributed by atoms with Gasteiger partial charge in [0.15, 0.2) is 5.96 Å². The highest BCUT2D eigenvalue weighted by molar-refractivity contribution is 6.32. The molecule has 11 heteroatoms. The lowest BCUT2D eigenvalue weighted by atomic mass is 10.2. The molecule has 7 nitrogen and oxygen atoms in total. The molecule has 2 aromatic rings. The van der Waals surface area contributed by atoms with E-state index in [0.717, 1.165) is 0 Å². The molecule has 0 aliphatic carbocycles. The molecule has 3 N–H and O–H groups in total. The van der Waals surface area contributed by atoms with Crippen LogP contribution in [0, 0.1) is 5.41 Å². The lowest BCUT2D eigenvalue weighted by Gasteiger charge is -2.22. The van der Waals surface area contributed by atoms with Gasteiger partial charge in [0.2, 0.25) is 5.88 Å². The van der Waals surface area contributed by atoms with Crippen LogP contribution in [-0.4, -0.2) is 35.5 Å². The summed E-state index contributed by atoms with van der Waals surface area (Å²) in [6.07, 6.45) is -4.12. The Morgan fingerprint density at radius 3 is 2.61 bits per heavy atom. The van der Waals surface area contributed by atoms with Gasteiger partial charge in [-0.3, -0.25) is 5.41 Å². The molecule has 2 rings (SSSR count). The average molecular weight is 417 g/mol. The number of alkyl halides is 3. The molecule has 28 heavy (non-hydrogen) atoms. The first-order valence-corrected chi connectivity index (χ1v) is 8.14. The number of ether oxygens (including phenoxy) is 2. The normalized spacial score (nSPS) is 11.0. The third kappa shape index (κ3) is 5.49. The van der Waals surface area contributed by atoms with Crippen LogP contribution in [0.4, 0.5) is 13.2 Å². The van der Waals surface area contributed by atoms with Gasteiger partial charge in [0.25, 0.3) is 0 Å². The van der Waals surface area contributed by atoms with Gasteiger partial charge in [0, 0.05) is 11.8 Å². The van der Waals surface area contributed by atoms with E-state index >= 15 is 0 Å². The summed E-state index contributed by atoms with van der Waals surface area (Å²) in [7, 11) is 1.48. The molecule has 1 heterocycles. The number of halogens is 4. The van der Waals surface area contributed by atoms with Gasteiger partial charge in [-0.15, -0.1) is 0 Å². The Bertz CT molecular complexity index is 877. The predicted molar refractivity (Wildman–Crippen MR) is 95.2 cm³/mol. The van der Waals surface area contributed by atoms with E-state index in [-0.39, 0.29) is 6.54 Å². The Morgan fingerprint density at radius 2 is 2.04 bits per heavy atom. The molecule has 0 aliphatic heterocycles. The fraction of sp³-hybridized carbons (Fsp3) is 0.235. The minimum Gasteiger partial charge on any atom is -0.496 e. The largest absolute Gasteiger partial charge is 0.496 e. The number of hydrogen-bond donors (Lipinski definition) is 2. The second-order valence-electron chi connectivity index (χ2n) is 5.54. The van der Waals surface area contributed by atoms with E-state index in [1.165, 1.54) is 12.0 Å². The first-order valence-electron chi connectivity index (χ1n) is 7.76. The number of pyridine rings is 1. The number of nitrogens with two attached hydrogens (primary N) is 1. The van der Waals surface area contributed by atoms with E-state index in [1.54, 1.807) is 24.3 Å². The minimum atomic E-state index is -4.63. The van der Waals surface area contributed by atoms with Crippen molar-refractivity contribution in [3.05, 3.63) is 52.7 Å². The summed E-state index contributed by atoms with van der Waals surface area (Å²) in [5, 5.41) is 7.16. The van der Waals surface area contributed by atoms with Crippen molar-refractivity contribution in [1.29, 1.82) is 5.41 Å². The number of carbonyl (C=O) groups is 1. The van der Waals surface area contributed by atoms with E-state index in [9.17, 15) is 18.0 Å². The van der Waals surface area contributed by atoms with Crippen molar-refractivity contribution < 1.29 is 27.4 Å². The fourth-order valence-corrected chi connectivity index (χ4v) is 2.42. The monoisotopic (exact) mass is 416 g/mol. The summed E-state index contributed by atoms with van der Waals surface area (Å²) in [6.45, 7) is -0.380. The summed E-state index contributed by atoms with van der Waals surface area (Å²) < 4.78 is 48.0. The molecule has 150 valence electrons. The number of guanidine groups is 1. The first-order chi connectivity index (χ1) is 13.1. The number of hydrogen-bond acceptors (Lipinski definition) is 5. The second-order valence-corrected chi connectivity index (χ2v) is 5.94. The molecule has 0 atom stereocenters.